The van der Waals surface area contributed by atoms with E-state index in [2.05, 4.69) is 12.2 Å². The molecule has 2 atom stereocenters. The van der Waals surface area contributed by atoms with Crippen LogP contribution < -0.4 is 5.32 Å². The lowest BCUT2D eigenvalue weighted by Gasteiger charge is -2.49. The molecule has 0 aliphatic carbocycles. The van der Waals surface area contributed by atoms with Crippen LogP contribution in [0.5, 0.6) is 0 Å². The van der Waals surface area contributed by atoms with E-state index in [9.17, 15) is 9.59 Å². The molecule has 0 aromatic carbocycles. The predicted molar refractivity (Wildman–Crippen MR) is 76.7 cm³/mol. The first kappa shape index (κ1) is 16.0. The second-order valence-electron chi connectivity index (χ2n) is 7.11. The molecule has 4 nitrogen and oxygen atoms in total. The minimum absolute atomic E-state index is 0.0245. The number of piperazine rings is 1. The summed E-state index contributed by atoms with van der Waals surface area (Å²) in [4.78, 5) is 26.9. The van der Waals surface area contributed by atoms with Crippen LogP contribution >= 0.6 is 0 Å². The number of nitrogens with one attached hydrogen (secondary N) is 1. The van der Waals surface area contributed by atoms with Crippen LogP contribution in [-0.4, -0.2) is 34.3 Å². The zero-order chi connectivity index (χ0) is 15.0. The minimum Gasteiger partial charge on any atom is -0.342 e. The quantitative estimate of drug-likeness (QED) is 0.854. The fraction of sp³-hybridized carbons (Fsp3) is 0.867. The van der Waals surface area contributed by atoms with Crippen LogP contribution in [0.1, 0.15) is 61.3 Å². The molecule has 0 spiro atoms. The van der Waals surface area contributed by atoms with Gasteiger partial charge in [-0.3, -0.25) is 9.59 Å². The number of nitrogens with zero attached hydrogens (tertiary/aromatic N) is 1. The molecule has 1 aliphatic rings. The molecule has 1 aliphatic heterocycles. The third-order valence-electron chi connectivity index (χ3n) is 4.16. The van der Waals surface area contributed by atoms with Crippen molar-refractivity contribution in [1.29, 1.82) is 0 Å². The lowest BCUT2D eigenvalue weighted by molar-refractivity contribution is -0.159. The molecule has 1 saturated heterocycles. The highest BCUT2D eigenvalue weighted by Gasteiger charge is 2.48. The lowest BCUT2D eigenvalue weighted by atomic mass is 9.81. The highest BCUT2D eigenvalue weighted by atomic mass is 16.2. The summed E-state index contributed by atoms with van der Waals surface area (Å²) < 4.78 is 0. The Morgan fingerprint density at radius 2 is 1.63 bits per heavy atom. The number of hydrogen-bond donors (Lipinski definition) is 1. The first-order chi connectivity index (χ1) is 8.56. The van der Waals surface area contributed by atoms with Crippen molar-refractivity contribution in [2.24, 2.45) is 5.41 Å². The van der Waals surface area contributed by atoms with Crippen LogP contribution in [0, 0.1) is 5.41 Å². The molecule has 110 valence electrons. The van der Waals surface area contributed by atoms with Gasteiger partial charge in [-0.25, -0.2) is 0 Å². The summed E-state index contributed by atoms with van der Waals surface area (Å²) in [6, 6.07) is -0.783. The molecule has 1 N–H and O–H groups in total. The summed E-state index contributed by atoms with van der Waals surface area (Å²) >= 11 is 0. The molecular weight excluding hydrogens is 240 g/mol. The van der Waals surface area contributed by atoms with Crippen LogP contribution in [0.2, 0.25) is 0 Å². The van der Waals surface area contributed by atoms with Crippen LogP contribution in [-0.2, 0) is 9.59 Å². The maximum Gasteiger partial charge on any atom is 0.246 e. The molecule has 2 amide bonds. The predicted octanol–water partition coefficient (Wildman–Crippen LogP) is 2.33. The Morgan fingerprint density at radius 3 is 2.00 bits per heavy atom. The van der Waals surface area contributed by atoms with Gasteiger partial charge in [0.05, 0.1) is 0 Å². The third-order valence-corrected chi connectivity index (χ3v) is 4.16. The highest BCUT2D eigenvalue weighted by Crippen LogP contribution is 2.31. The molecule has 4 heteroatoms. The van der Waals surface area contributed by atoms with Gasteiger partial charge in [-0.2, -0.15) is 0 Å². The Kier molecular flexibility index (Phi) is 4.33. The second-order valence-corrected chi connectivity index (χ2v) is 7.11. The number of hydrogen-bond acceptors (Lipinski definition) is 2. The topological polar surface area (TPSA) is 49.4 Å². The number of amides is 2. The van der Waals surface area contributed by atoms with E-state index in [4.69, 9.17) is 0 Å². The van der Waals surface area contributed by atoms with Gasteiger partial charge in [0.2, 0.25) is 11.8 Å². The number of carbonyl (C=O) groups excluding carboxylic acids is 2. The SMILES string of the molecule is CCC1C(=O)NC(C(C)(C)C)C(=O)N1C(C)(C)CC. The van der Waals surface area contributed by atoms with E-state index in [1.54, 1.807) is 0 Å². The van der Waals surface area contributed by atoms with Crippen LogP contribution in [0.3, 0.4) is 0 Å². The van der Waals surface area contributed by atoms with E-state index in [0.717, 1.165) is 6.42 Å². The maximum absolute atomic E-state index is 12.8. The summed E-state index contributed by atoms with van der Waals surface area (Å²) in [6.07, 6.45) is 1.48. The average Bonchev–Trinajstić information content (AvgIpc) is 2.29. The van der Waals surface area contributed by atoms with Crippen molar-refractivity contribution in [3.63, 3.8) is 0 Å². The molecule has 0 radical (unpaired) electrons. The minimum atomic E-state index is -0.436. The number of carbonyl (C=O) groups is 2. The Balaban J connectivity index is 3.21. The van der Waals surface area contributed by atoms with Crippen molar-refractivity contribution in [2.75, 3.05) is 0 Å². The Hall–Kier alpha value is -1.06. The fourth-order valence-electron chi connectivity index (χ4n) is 2.56. The Labute approximate surface area is 116 Å². The summed E-state index contributed by atoms with van der Waals surface area (Å²) in [5, 5.41) is 2.90. The summed E-state index contributed by atoms with van der Waals surface area (Å²) in [6.45, 7) is 14.0. The molecule has 1 fully saturated rings. The van der Waals surface area contributed by atoms with Gasteiger partial charge in [-0.1, -0.05) is 34.6 Å². The van der Waals surface area contributed by atoms with E-state index in [0.29, 0.717) is 6.42 Å². The van der Waals surface area contributed by atoms with Crippen molar-refractivity contribution in [1.82, 2.24) is 10.2 Å². The number of rotatable bonds is 3. The Bertz CT molecular complexity index is 369. The molecule has 1 rings (SSSR count). The van der Waals surface area contributed by atoms with Crippen LogP contribution in [0.25, 0.3) is 0 Å². The molecular formula is C15H28N2O2. The molecule has 1 heterocycles. The zero-order valence-corrected chi connectivity index (χ0v) is 13.3. The van der Waals surface area contributed by atoms with Gasteiger partial charge in [0.25, 0.3) is 0 Å². The summed E-state index contributed by atoms with van der Waals surface area (Å²) in [7, 11) is 0. The summed E-state index contributed by atoms with van der Waals surface area (Å²) in [5.41, 5.74) is -0.563. The van der Waals surface area contributed by atoms with Crippen molar-refractivity contribution in [2.45, 2.75) is 78.9 Å². The van der Waals surface area contributed by atoms with Gasteiger partial charge < -0.3 is 10.2 Å². The smallest absolute Gasteiger partial charge is 0.246 e. The van der Waals surface area contributed by atoms with Gasteiger partial charge in [-0.05, 0) is 32.1 Å². The van der Waals surface area contributed by atoms with Crippen LogP contribution in [0.15, 0.2) is 0 Å². The standard InChI is InChI=1S/C15H28N2O2/c1-8-10-12(18)16-11(14(3,4)5)13(19)17(10)15(6,7)9-2/h10-11H,8-9H2,1-7H3,(H,16,18). The van der Waals surface area contributed by atoms with Gasteiger partial charge in [0, 0.05) is 5.54 Å². The van der Waals surface area contributed by atoms with E-state index in [1.807, 2.05) is 46.4 Å². The van der Waals surface area contributed by atoms with Gasteiger partial charge >= 0.3 is 0 Å². The molecule has 19 heavy (non-hydrogen) atoms. The van der Waals surface area contributed by atoms with Crippen molar-refractivity contribution in [3.05, 3.63) is 0 Å². The third kappa shape index (κ3) is 2.93. The normalized spacial score (nSPS) is 25.5. The molecule has 0 aromatic heterocycles. The molecule has 0 bridgehead atoms. The monoisotopic (exact) mass is 268 g/mol. The van der Waals surface area contributed by atoms with Crippen molar-refractivity contribution in [3.8, 4) is 0 Å². The largest absolute Gasteiger partial charge is 0.342 e. The lowest BCUT2D eigenvalue weighted by Crippen LogP contribution is -2.70. The first-order valence-electron chi connectivity index (χ1n) is 7.19. The van der Waals surface area contributed by atoms with Crippen LogP contribution in [0.4, 0.5) is 0 Å². The van der Waals surface area contributed by atoms with E-state index < -0.39 is 6.04 Å². The molecule has 2 unspecified atom stereocenters. The Morgan fingerprint density at radius 1 is 1.11 bits per heavy atom. The highest BCUT2D eigenvalue weighted by molar-refractivity contribution is 5.97. The van der Waals surface area contributed by atoms with Gasteiger partial charge in [0.15, 0.2) is 0 Å². The van der Waals surface area contributed by atoms with Gasteiger partial charge in [0.1, 0.15) is 12.1 Å². The van der Waals surface area contributed by atoms with E-state index >= 15 is 0 Å². The maximum atomic E-state index is 12.8. The van der Waals surface area contributed by atoms with Gasteiger partial charge in [-0.15, -0.1) is 0 Å². The van der Waals surface area contributed by atoms with E-state index in [1.165, 1.54) is 0 Å². The van der Waals surface area contributed by atoms with Crippen molar-refractivity contribution < 1.29 is 9.59 Å². The average molecular weight is 268 g/mol. The first-order valence-corrected chi connectivity index (χ1v) is 7.19. The van der Waals surface area contributed by atoms with Crippen molar-refractivity contribution >= 4 is 11.8 Å². The summed E-state index contributed by atoms with van der Waals surface area (Å²) in [5.74, 6) is 0.0225. The fourth-order valence-corrected chi connectivity index (χ4v) is 2.56. The zero-order valence-electron chi connectivity index (χ0n) is 13.3. The van der Waals surface area contributed by atoms with E-state index in [-0.39, 0.29) is 28.8 Å². The molecule has 0 aromatic rings. The second kappa shape index (κ2) is 5.14. The molecule has 0 saturated carbocycles.